The molecule has 0 amide bonds. The van der Waals surface area contributed by atoms with Gasteiger partial charge in [0.2, 0.25) is 0 Å². The topological polar surface area (TPSA) is 50.1 Å². The lowest BCUT2D eigenvalue weighted by Crippen LogP contribution is -2.22. The maximum atomic E-state index is 9.41. The molecule has 0 aliphatic heterocycles. The van der Waals surface area contributed by atoms with E-state index in [1.807, 2.05) is 17.8 Å². The molecule has 0 aliphatic carbocycles. The zero-order chi connectivity index (χ0) is 12.9. The van der Waals surface area contributed by atoms with Crippen LogP contribution in [0, 0.1) is 0 Å². The fourth-order valence-corrected chi connectivity index (χ4v) is 1.52. The van der Waals surface area contributed by atoms with E-state index >= 15 is 0 Å². The number of hydrogen-bond acceptors (Lipinski definition) is 3. The van der Waals surface area contributed by atoms with Crippen molar-refractivity contribution in [1.29, 1.82) is 0 Å². The molecule has 0 bridgehead atoms. The summed E-state index contributed by atoms with van der Waals surface area (Å²) in [6, 6.07) is 0. The summed E-state index contributed by atoms with van der Waals surface area (Å²) in [6.07, 6.45) is 5.42. The van der Waals surface area contributed by atoms with Gasteiger partial charge < -0.3 is 10.4 Å². The van der Waals surface area contributed by atoms with Gasteiger partial charge in [-0.15, -0.1) is 0 Å². The summed E-state index contributed by atoms with van der Waals surface area (Å²) >= 11 is 0. The van der Waals surface area contributed by atoms with Crippen LogP contribution in [0.3, 0.4) is 0 Å². The Kier molecular flexibility index (Phi) is 5.15. The number of aliphatic hydroxyl groups excluding tert-OH is 1. The van der Waals surface area contributed by atoms with Crippen LogP contribution in [-0.4, -0.2) is 27.5 Å². The van der Waals surface area contributed by atoms with Gasteiger partial charge in [0, 0.05) is 18.3 Å². The molecule has 4 nitrogen and oxygen atoms in total. The number of aliphatic hydroxyl groups is 1. The maximum Gasteiger partial charge on any atom is 0.0549 e. The van der Waals surface area contributed by atoms with E-state index < -0.39 is 0 Å². The smallest absolute Gasteiger partial charge is 0.0549 e. The first-order chi connectivity index (χ1) is 7.93. The van der Waals surface area contributed by atoms with Gasteiger partial charge in [-0.3, -0.25) is 4.68 Å². The molecule has 1 rings (SSSR count). The molecule has 98 valence electrons. The second-order valence-corrected chi connectivity index (χ2v) is 5.49. The quantitative estimate of drug-likeness (QED) is 0.745. The van der Waals surface area contributed by atoms with E-state index in [0.717, 1.165) is 25.9 Å². The molecule has 0 saturated carbocycles. The van der Waals surface area contributed by atoms with Crippen molar-refractivity contribution < 1.29 is 5.11 Å². The van der Waals surface area contributed by atoms with Crippen molar-refractivity contribution in [3.05, 3.63) is 18.0 Å². The minimum absolute atomic E-state index is 0.0383. The molecule has 0 aromatic carbocycles. The van der Waals surface area contributed by atoms with E-state index in [-0.39, 0.29) is 11.6 Å². The first kappa shape index (κ1) is 14.2. The van der Waals surface area contributed by atoms with Crippen molar-refractivity contribution in [3.8, 4) is 0 Å². The van der Waals surface area contributed by atoms with Gasteiger partial charge in [-0.05, 0) is 40.2 Å². The molecular weight excluding hydrogens is 214 g/mol. The number of nitrogens with zero attached hydrogens (tertiary/aromatic N) is 2. The van der Waals surface area contributed by atoms with Gasteiger partial charge in [0.05, 0.1) is 17.8 Å². The van der Waals surface area contributed by atoms with E-state index in [2.05, 4.69) is 37.4 Å². The zero-order valence-electron chi connectivity index (χ0n) is 11.4. The maximum absolute atomic E-state index is 9.41. The molecule has 1 unspecified atom stereocenters. The summed E-state index contributed by atoms with van der Waals surface area (Å²) in [5.74, 6) is 0. The summed E-state index contributed by atoms with van der Waals surface area (Å²) in [6.45, 7) is 10.1. The van der Waals surface area contributed by atoms with Crippen LogP contribution in [0.4, 0.5) is 0 Å². The third-order valence-electron chi connectivity index (χ3n) is 2.78. The highest BCUT2D eigenvalue weighted by atomic mass is 16.3. The van der Waals surface area contributed by atoms with Crippen molar-refractivity contribution in [3.63, 3.8) is 0 Å². The fourth-order valence-electron chi connectivity index (χ4n) is 1.52. The molecule has 0 saturated heterocycles. The number of aromatic nitrogens is 2. The second kappa shape index (κ2) is 6.17. The second-order valence-electron chi connectivity index (χ2n) is 5.49. The Morgan fingerprint density at radius 1 is 1.47 bits per heavy atom. The van der Waals surface area contributed by atoms with Crippen LogP contribution in [0.5, 0.6) is 0 Å². The van der Waals surface area contributed by atoms with Crippen LogP contribution in [0.2, 0.25) is 0 Å². The Morgan fingerprint density at radius 2 is 2.18 bits per heavy atom. The van der Waals surface area contributed by atoms with Crippen LogP contribution < -0.4 is 5.32 Å². The summed E-state index contributed by atoms with van der Waals surface area (Å²) in [5.41, 5.74) is 1.22. The molecule has 4 heteroatoms. The van der Waals surface area contributed by atoms with Crippen molar-refractivity contribution in [1.82, 2.24) is 15.1 Å². The minimum atomic E-state index is -0.181. The van der Waals surface area contributed by atoms with Crippen molar-refractivity contribution in [2.75, 3.05) is 6.54 Å². The third-order valence-corrected chi connectivity index (χ3v) is 2.78. The van der Waals surface area contributed by atoms with Crippen LogP contribution >= 0.6 is 0 Å². The highest BCUT2D eigenvalue weighted by molar-refractivity contribution is 5.04. The molecule has 1 aromatic rings. The van der Waals surface area contributed by atoms with Crippen LogP contribution in [0.1, 0.15) is 46.1 Å². The Morgan fingerprint density at radius 3 is 2.71 bits per heavy atom. The van der Waals surface area contributed by atoms with Crippen molar-refractivity contribution in [2.45, 2.75) is 58.7 Å². The molecule has 0 fully saturated rings. The lowest BCUT2D eigenvalue weighted by Gasteiger charge is -2.18. The summed E-state index contributed by atoms with van der Waals surface area (Å²) in [7, 11) is 0. The molecule has 1 atom stereocenters. The molecular formula is C13H25N3O. The first-order valence-corrected chi connectivity index (χ1v) is 6.36. The van der Waals surface area contributed by atoms with Gasteiger partial charge in [0.15, 0.2) is 0 Å². The molecule has 0 radical (unpaired) electrons. The van der Waals surface area contributed by atoms with E-state index in [4.69, 9.17) is 0 Å². The standard InChI is InChI=1S/C13H25N3O/c1-5-12(17)6-7-14-8-11-9-15-16(10-11)13(2,3)4/h9-10,12,14,17H,5-8H2,1-4H3. The van der Waals surface area contributed by atoms with Crippen LogP contribution in [0.15, 0.2) is 12.4 Å². The minimum Gasteiger partial charge on any atom is -0.393 e. The van der Waals surface area contributed by atoms with Gasteiger partial charge in [0.1, 0.15) is 0 Å². The molecule has 0 spiro atoms. The third kappa shape index (κ3) is 4.88. The van der Waals surface area contributed by atoms with Gasteiger partial charge in [-0.2, -0.15) is 5.10 Å². The molecule has 1 aromatic heterocycles. The van der Waals surface area contributed by atoms with E-state index in [1.54, 1.807) is 0 Å². The normalized spacial score (nSPS) is 13.9. The predicted molar refractivity (Wildman–Crippen MR) is 69.8 cm³/mol. The summed E-state index contributed by atoms with van der Waals surface area (Å²) in [4.78, 5) is 0. The Hall–Kier alpha value is -0.870. The largest absolute Gasteiger partial charge is 0.393 e. The molecule has 17 heavy (non-hydrogen) atoms. The summed E-state index contributed by atoms with van der Waals surface area (Å²) < 4.78 is 1.98. The molecule has 0 aliphatic rings. The average Bonchev–Trinajstić information content (AvgIpc) is 2.72. The zero-order valence-corrected chi connectivity index (χ0v) is 11.4. The fraction of sp³-hybridized carbons (Fsp3) is 0.769. The van der Waals surface area contributed by atoms with Gasteiger partial charge >= 0.3 is 0 Å². The van der Waals surface area contributed by atoms with E-state index in [0.29, 0.717) is 0 Å². The van der Waals surface area contributed by atoms with E-state index in [9.17, 15) is 5.11 Å². The monoisotopic (exact) mass is 239 g/mol. The van der Waals surface area contributed by atoms with E-state index in [1.165, 1.54) is 5.56 Å². The van der Waals surface area contributed by atoms with Gasteiger partial charge in [-0.1, -0.05) is 6.92 Å². The van der Waals surface area contributed by atoms with Crippen molar-refractivity contribution in [2.24, 2.45) is 0 Å². The lowest BCUT2D eigenvalue weighted by molar-refractivity contribution is 0.159. The Bertz CT molecular complexity index is 328. The highest BCUT2D eigenvalue weighted by Gasteiger charge is 2.13. The lowest BCUT2D eigenvalue weighted by atomic mass is 10.1. The number of nitrogens with one attached hydrogen (secondary N) is 1. The van der Waals surface area contributed by atoms with Crippen LogP contribution in [-0.2, 0) is 12.1 Å². The number of hydrogen-bond donors (Lipinski definition) is 2. The van der Waals surface area contributed by atoms with Crippen LogP contribution in [0.25, 0.3) is 0 Å². The Labute approximate surface area is 104 Å². The van der Waals surface area contributed by atoms with Gasteiger partial charge in [-0.25, -0.2) is 0 Å². The molecule has 1 heterocycles. The SMILES string of the molecule is CCC(O)CCNCc1cnn(C(C)(C)C)c1. The highest BCUT2D eigenvalue weighted by Crippen LogP contribution is 2.12. The molecule has 2 N–H and O–H groups in total. The average molecular weight is 239 g/mol. The van der Waals surface area contributed by atoms with Crippen molar-refractivity contribution >= 4 is 0 Å². The predicted octanol–water partition coefficient (Wildman–Crippen LogP) is 1.89. The van der Waals surface area contributed by atoms with Gasteiger partial charge in [0.25, 0.3) is 0 Å². The summed E-state index contributed by atoms with van der Waals surface area (Å²) in [5, 5.41) is 17.1. The number of rotatable bonds is 6. The first-order valence-electron chi connectivity index (χ1n) is 6.36. The Balaban J connectivity index is 2.31.